The molecule has 1 aliphatic rings. The maximum atomic E-state index is 13.2. The van der Waals surface area contributed by atoms with Crippen molar-refractivity contribution in [1.29, 1.82) is 0 Å². The number of likely N-dealkylation sites (N-methyl/N-ethyl adjacent to an activating group) is 1. The molecule has 1 fully saturated rings. The highest BCUT2D eigenvalue weighted by molar-refractivity contribution is 9.10. The third-order valence-electron chi connectivity index (χ3n) is 4.06. The summed E-state index contributed by atoms with van der Waals surface area (Å²) in [7, 11) is 3.54. The summed E-state index contributed by atoms with van der Waals surface area (Å²) in [6.45, 7) is 0.527. The van der Waals surface area contributed by atoms with Crippen LogP contribution in [-0.4, -0.2) is 44.2 Å². The number of carbonyl (C=O) groups excluding carboxylic acids is 1. The summed E-state index contributed by atoms with van der Waals surface area (Å²) in [4.78, 5) is 18.8. The van der Waals surface area contributed by atoms with Gasteiger partial charge < -0.3 is 10.2 Å². The van der Waals surface area contributed by atoms with Crippen LogP contribution in [0.5, 0.6) is 0 Å². The third-order valence-corrected chi connectivity index (χ3v) is 6.07. The Morgan fingerprint density at radius 2 is 2.20 bits per heavy atom. The van der Waals surface area contributed by atoms with E-state index in [0.717, 1.165) is 0 Å². The molecule has 0 aromatic carbocycles. The Balaban J connectivity index is 1.92. The van der Waals surface area contributed by atoms with E-state index in [2.05, 4.69) is 31.3 Å². The molecule has 10 heteroatoms. The molecule has 6 nitrogen and oxygen atoms in total. The van der Waals surface area contributed by atoms with Crippen molar-refractivity contribution < 1.29 is 9.18 Å². The molecule has 1 aliphatic heterocycles. The van der Waals surface area contributed by atoms with Crippen LogP contribution in [0.3, 0.4) is 0 Å². The van der Waals surface area contributed by atoms with Gasteiger partial charge in [0.1, 0.15) is 11.0 Å². The van der Waals surface area contributed by atoms with Gasteiger partial charge in [0.05, 0.1) is 21.1 Å². The van der Waals surface area contributed by atoms with E-state index in [0.29, 0.717) is 26.9 Å². The number of aryl methyl sites for hydroxylation is 1. The predicted molar refractivity (Wildman–Crippen MR) is 100 cm³/mol. The van der Waals surface area contributed by atoms with Gasteiger partial charge in [-0.1, -0.05) is 29.9 Å². The fraction of sp³-hybridized carbons (Fsp3) is 0.333. The molecule has 0 aliphatic carbocycles. The summed E-state index contributed by atoms with van der Waals surface area (Å²) in [5.41, 5.74) is 0.659. The molecule has 1 saturated heterocycles. The first-order valence-corrected chi connectivity index (χ1v) is 8.93. The Morgan fingerprint density at radius 1 is 1.48 bits per heavy atom. The van der Waals surface area contributed by atoms with E-state index in [1.54, 1.807) is 7.05 Å². The fourth-order valence-corrected chi connectivity index (χ4v) is 3.97. The smallest absolute Gasteiger partial charge is 0.236 e. The van der Waals surface area contributed by atoms with Crippen LogP contribution in [0.15, 0.2) is 22.7 Å². The highest BCUT2D eigenvalue weighted by atomic mass is 79.9. The lowest BCUT2D eigenvalue weighted by Gasteiger charge is -2.16. The number of halogens is 3. The Labute approximate surface area is 162 Å². The zero-order valence-electron chi connectivity index (χ0n) is 13.3. The van der Waals surface area contributed by atoms with Crippen LogP contribution >= 0.6 is 39.7 Å². The Kier molecular flexibility index (Phi) is 5.08. The lowest BCUT2D eigenvalue weighted by atomic mass is 9.92. The van der Waals surface area contributed by atoms with E-state index in [4.69, 9.17) is 23.8 Å². The summed E-state index contributed by atoms with van der Waals surface area (Å²) in [6.07, 6.45) is 0. The number of anilines is 1. The SMILES string of the molecule is CN1C[C@H](c2nn(C)c(Cl)c2Br)[C@@H](C(=O)Nc2cccc(F)n2)C1=S. The number of hydrogen-bond donors (Lipinski definition) is 1. The number of hydrogen-bond acceptors (Lipinski definition) is 4. The van der Waals surface area contributed by atoms with Crippen molar-refractivity contribution in [3.63, 3.8) is 0 Å². The van der Waals surface area contributed by atoms with Gasteiger partial charge in [0.2, 0.25) is 11.9 Å². The van der Waals surface area contributed by atoms with E-state index in [1.165, 1.54) is 22.9 Å². The summed E-state index contributed by atoms with van der Waals surface area (Å²) < 4.78 is 15.4. The molecule has 25 heavy (non-hydrogen) atoms. The average molecular weight is 447 g/mol. The van der Waals surface area contributed by atoms with Crippen LogP contribution in [0, 0.1) is 11.9 Å². The highest BCUT2D eigenvalue weighted by Gasteiger charge is 2.44. The Hall–Kier alpha value is -1.58. The second kappa shape index (κ2) is 6.97. The van der Waals surface area contributed by atoms with Crippen molar-refractivity contribution in [2.45, 2.75) is 5.92 Å². The average Bonchev–Trinajstić information content (AvgIpc) is 2.98. The van der Waals surface area contributed by atoms with Crippen molar-refractivity contribution in [3.8, 4) is 0 Å². The molecule has 0 bridgehead atoms. The number of pyridine rings is 1. The first-order valence-electron chi connectivity index (χ1n) is 7.36. The van der Waals surface area contributed by atoms with E-state index in [9.17, 15) is 9.18 Å². The number of nitrogens with zero attached hydrogens (tertiary/aromatic N) is 4. The minimum atomic E-state index is -0.667. The summed E-state index contributed by atoms with van der Waals surface area (Å²) in [5.74, 6) is -1.79. The molecule has 3 rings (SSSR count). The zero-order chi connectivity index (χ0) is 18.3. The van der Waals surface area contributed by atoms with Crippen molar-refractivity contribution >= 4 is 56.5 Å². The standard InChI is InChI=1S/C15H14BrClFN5OS/c1-22-6-7(12-11(16)13(17)23(2)21-12)10(15(22)25)14(24)20-9-5-3-4-8(18)19-9/h3-5,7,10H,6H2,1-2H3,(H,19,20,24)/t7-,10-/m0/s1. The summed E-state index contributed by atoms with van der Waals surface area (Å²) >= 11 is 15.0. The molecule has 0 saturated carbocycles. The molecule has 132 valence electrons. The normalized spacial score (nSPS) is 20.2. The lowest BCUT2D eigenvalue weighted by molar-refractivity contribution is -0.118. The minimum Gasteiger partial charge on any atom is -0.368 e. The molecule has 0 spiro atoms. The molecule has 2 aromatic rings. The molecule has 3 heterocycles. The number of nitrogens with one attached hydrogen (secondary N) is 1. The van der Waals surface area contributed by atoms with E-state index in [-0.39, 0.29) is 17.6 Å². The number of likely N-dealkylation sites (tertiary alicyclic amines) is 1. The van der Waals surface area contributed by atoms with Crippen LogP contribution in [-0.2, 0) is 11.8 Å². The summed E-state index contributed by atoms with van der Waals surface area (Å²) in [5, 5.41) is 7.49. The molecule has 2 atom stereocenters. The number of thiocarbonyl (C=S) groups is 1. The van der Waals surface area contributed by atoms with Crippen LogP contribution in [0.25, 0.3) is 0 Å². The van der Waals surface area contributed by atoms with E-state index in [1.807, 2.05) is 11.9 Å². The lowest BCUT2D eigenvalue weighted by Crippen LogP contribution is -2.32. The largest absolute Gasteiger partial charge is 0.368 e. The van der Waals surface area contributed by atoms with Gasteiger partial charge >= 0.3 is 0 Å². The number of carbonyl (C=O) groups is 1. The van der Waals surface area contributed by atoms with Gasteiger partial charge in [-0.05, 0) is 28.1 Å². The minimum absolute atomic E-state index is 0.138. The topological polar surface area (TPSA) is 63.1 Å². The molecule has 2 aromatic heterocycles. The van der Waals surface area contributed by atoms with Crippen LogP contribution in [0.4, 0.5) is 10.2 Å². The van der Waals surface area contributed by atoms with Gasteiger partial charge in [0, 0.05) is 26.6 Å². The van der Waals surface area contributed by atoms with E-state index < -0.39 is 11.9 Å². The van der Waals surface area contributed by atoms with Gasteiger partial charge in [0.25, 0.3) is 0 Å². The second-order valence-corrected chi connectivity index (χ2v) is 7.32. The maximum absolute atomic E-state index is 13.2. The van der Waals surface area contributed by atoms with E-state index >= 15 is 0 Å². The van der Waals surface area contributed by atoms with Gasteiger partial charge in [-0.25, -0.2) is 4.98 Å². The first kappa shape index (κ1) is 18.2. The quantitative estimate of drug-likeness (QED) is 0.580. The first-order chi connectivity index (χ1) is 11.8. The molecule has 0 radical (unpaired) electrons. The third kappa shape index (κ3) is 3.40. The molecular formula is C15H14BrClFN5OS. The van der Waals surface area contributed by atoms with Gasteiger partial charge in [-0.2, -0.15) is 9.49 Å². The van der Waals surface area contributed by atoms with Gasteiger partial charge in [-0.15, -0.1) is 0 Å². The van der Waals surface area contributed by atoms with Crippen molar-refractivity contribution in [3.05, 3.63) is 39.5 Å². The fourth-order valence-electron chi connectivity index (χ4n) is 2.86. The predicted octanol–water partition coefficient (Wildman–Crippen LogP) is 2.98. The monoisotopic (exact) mass is 445 g/mol. The molecule has 1 N–H and O–H groups in total. The molecule has 1 amide bonds. The van der Waals surface area contributed by atoms with Crippen molar-refractivity contribution in [2.24, 2.45) is 13.0 Å². The Bertz CT molecular complexity index is 860. The number of amides is 1. The molecule has 0 unspecified atom stereocenters. The van der Waals surface area contributed by atoms with Crippen molar-refractivity contribution in [1.82, 2.24) is 19.7 Å². The molecular weight excluding hydrogens is 433 g/mol. The maximum Gasteiger partial charge on any atom is 0.236 e. The van der Waals surface area contributed by atoms with Gasteiger partial charge in [-0.3, -0.25) is 9.48 Å². The Morgan fingerprint density at radius 3 is 2.80 bits per heavy atom. The van der Waals surface area contributed by atoms with Crippen LogP contribution in [0.2, 0.25) is 5.15 Å². The van der Waals surface area contributed by atoms with Crippen LogP contribution in [0.1, 0.15) is 11.6 Å². The van der Waals surface area contributed by atoms with Crippen LogP contribution < -0.4 is 5.32 Å². The number of aromatic nitrogens is 3. The summed E-state index contributed by atoms with van der Waals surface area (Å²) in [6, 6.07) is 4.20. The van der Waals surface area contributed by atoms with Gasteiger partial charge in [0.15, 0.2) is 0 Å². The van der Waals surface area contributed by atoms with Crippen molar-refractivity contribution in [2.75, 3.05) is 18.9 Å². The number of rotatable bonds is 3. The zero-order valence-corrected chi connectivity index (χ0v) is 16.5. The highest BCUT2D eigenvalue weighted by Crippen LogP contribution is 2.39. The second-order valence-electron chi connectivity index (χ2n) is 5.75.